The lowest BCUT2D eigenvalue weighted by molar-refractivity contribution is 0.324. The summed E-state index contributed by atoms with van der Waals surface area (Å²) in [6.07, 6.45) is 1.41. The topological polar surface area (TPSA) is 62.1 Å². The number of nitrogens with two attached hydrogens (primary N) is 1. The van der Waals surface area contributed by atoms with Gasteiger partial charge in [-0.25, -0.2) is 0 Å². The molecule has 0 saturated carbocycles. The minimum atomic E-state index is 0.413. The minimum Gasteiger partial charge on any atom is -0.330 e. The summed E-state index contributed by atoms with van der Waals surface area (Å²) >= 11 is 0. The number of nitrogens with one attached hydrogen (secondary N) is 3. The summed E-state index contributed by atoms with van der Waals surface area (Å²) in [6.45, 7) is 2.51. The molecule has 1 fully saturated rings. The molecule has 1 rings (SSSR count). The Labute approximate surface area is 55.2 Å². The van der Waals surface area contributed by atoms with Crippen molar-refractivity contribution in [1.29, 1.82) is 0 Å². The highest BCUT2D eigenvalue weighted by Crippen LogP contribution is 1.84. The highest BCUT2D eigenvalue weighted by molar-refractivity contribution is 4.67. The molecule has 4 nitrogen and oxygen atoms in total. The summed E-state index contributed by atoms with van der Waals surface area (Å²) in [5, 5.41) is 9.55. The van der Waals surface area contributed by atoms with Crippen molar-refractivity contribution < 1.29 is 0 Å². The predicted molar refractivity (Wildman–Crippen MR) is 36.6 cm³/mol. The van der Waals surface area contributed by atoms with Gasteiger partial charge in [-0.2, -0.15) is 0 Å². The lowest BCUT2D eigenvalue weighted by atomic mass is 10.3. The van der Waals surface area contributed by atoms with Gasteiger partial charge in [0.2, 0.25) is 0 Å². The van der Waals surface area contributed by atoms with E-state index in [1.807, 2.05) is 0 Å². The normalized spacial score (nSPS) is 22.3. The van der Waals surface area contributed by atoms with E-state index in [1.165, 1.54) is 0 Å². The molecule has 1 aliphatic heterocycles. The van der Waals surface area contributed by atoms with Gasteiger partial charge >= 0.3 is 0 Å². The quantitative estimate of drug-likeness (QED) is 0.362. The van der Waals surface area contributed by atoms with E-state index >= 15 is 0 Å². The Morgan fingerprint density at radius 1 is 1.33 bits per heavy atom. The first-order chi connectivity index (χ1) is 4.43. The van der Waals surface area contributed by atoms with E-state index in [0.717, 1.165) is 26.3 Å². The molecule has 0 atom stereocenters. The molecule has 0 aromatic heterocycles. The average Bonchev–Trinajstić information content (AvgIpc) is 1.91. The second-order valence-electron chi connectivity index (χ2n) is 2.14. The van der Waals surface area contributed by atoms with Gasteiger partial charge in [-0.1, -0.05) is 0 Å². The minimum absolute atomic E-state index is 0.413. The molecular formula is C5H14N4. The second kappa shape index (κ2) is 3.79. The molecule has 1 saturated heterocycles. The van der Waals surface area contributed by atoms with Crippen molar-refractivity contribution in [2.75, 3.05) is 19.9 Å². The summed E-state index contributed by atoms with van der Waals surface area (Å²) in [5.74, 6) is 0. The van der Waals surface area contributed by atoms with E-state index in [9.17, 15) is 0 Å². The summed E-state index contributed by atoms with van der Waals surface area (Å²) in [4.78, 5) is 0. The molecule has 5 N–H and O–H groups in total. The Bertz CT molecular complexity index is 66.6. The van der Waals surface area contributed by atoms with Gasteiger partial charge in [0.15, 0.2) is 0 Å². The monoisotopic (exact) mass is 130 g/mol. The van der Waals surface area contributed by atoms with E-state index < -0.39 is 0 Å². The fourth-order valence-corrected chi connectivity index (χ4v) is 0.896. The second-order valence-corrected chi connectivity index (χ2v) is 2.14. The SMILES string of the molecule is NCCC1NCNCN1. The summed E-state index contributed by atoms with van der Waals surface area (Å²) in [7, 11) is 0. The van der Waals surface area contributed by atoms with Gasteiger partial charge in [0.25, 0.3) is 0 Å². The zero-order valence-corrected chi connectivity index (χ0v) is 5.48. The first-order valence-electron chi connectivity index (χ1n) is 3.31. The Hall–Kier alpha value is -0.160. The fourth-order valence-electron chi connectivity index (χ4n) is 0.896. The van der Waals surface area contributed by atoms with E-state index in [2.05, 4.69) is 16.0 Å². The number of hydrogen-bond donors (Lipinski definition) is 4. The van der Waals surface area contributed by atoms with Crippen LogP contribution in [0, 0.1) is 0 Å². The standard InChI is InChI=1S/C5H14N4/c6-2-1-5-8-3-7-4-9-5/h5,7-9H,1-4,6H2. The molecule has 0 radical (unpaired) electrons. The molecule has 0 aromatic carbocycles. The summed E-state index contributed by atoms with van der Waals surface area (Å²) in [6, 6.07) is 0. The molecule has 0 bridgehead atoms. The Morgan fingerprint density at radius 2 is 2.00 bits per heavy atom. The molecule has 0 spiro atoms. The van der Waals surface area contributed by atoms with E-state index in [4.69, 9.17) is 5.73 Å². The first-order valence-corrected chi connectivity index (χ1v) is 3.31. The van der Waals surface area contributed by atoms with Crippen molar-refractivity contribution in [2.24, 2.45) is 5.73 Å². The molecule has 0 aliphatic carbocycles. The fraction of sp³-hybridized carbons (Fsp3) is 1.00. The van der Waals surface area contributed by atoms with Crippen LogP contribution in [0.3, 0.4) is 0 Å². The molecule has 1 aliphatic rings. The number of hydrogen-bond acceptors (Lipinski definition) is 4. The molecule has 4 heteroatoms. The van der Waals surface area contributed by atoms with Crippen molar-refractivity contribution in [3.63, 3.8) is 0 Å². The lowest BCUT2D eigenvalue weighted by Crippen LogP contribution is -2.56. The van der Waals surface area contributed by atoms with Crippen molar-refractivity contribution in [3.05, 3.63) is 0 Å². The van der Waals surface area contributed by atoms with Crippen LogP contribution < -0.4 is 21.7 Å². The van der Waals surface area contributed by atoms with Crippen molar-refractivity contribution in [1.82, 2.24) is 16.0 Å². The lowest BCUT2D eigenvalue weighted by Gasteiger charge is -2.25. The summed E-state index contributed by atoms with van der Waals surface area (Å²) < 4.78 is 0. The summed E-state index contributed by atoms with van der Waals surface area (Å²) in [5.41, 5.74) is 5.36. The van der Waals surface area contributed by atoms with Gasteiger partial charge in [-0.05, 0) is 13.0 Å². The van der Waals surface area contributed by atoms with Crippen LogP contribution >= 0.6 is 0 Å². The maximum atomic E-state index is 5.36. The van der Waals surface area contributed by atoms with E-state index in [0.29, 0.717) is 6.17 Å². The largest absolute Gasteiger partial charge is 0.330 e. The molecule has 0 aromatic rings. The van der Waals surface area contributed by atoms with Crippen LogP contribution in [0.4, 0.5) is 0 Å². The Morgan fingerprint density at radius 3 is 2.56 bits per heavy atom. The Balaban J connectivity index is 2.08. The highest BCUT2D eigenvalue weighted by atomic mass is 15.3. The van der Waals surface area contributed by atoms with Crippen LogP contribution in [0.1, 0.15) is 6.42 Å². The van der Waals surface area contributed by atoms with Crippen LogP contribution in [-0.4, -0.2) is 26.0 Å². The average molecular weight is 130 g/mol. The van der Waals surface area contributed by atoms with Crippen molar-refractivity contribution in [2.45, 2.75) is 12.6 Å². The van der Waals surface area contributed by atoms with Gasteiger partial charge < -0.3 is 5.73 Å². The van der Waals surface area contributed by atoms with Gasteiger partial charge in [-0.15, -0.1) is 0 Å². The number of rotatable bonds is 2. The molecule has 54 valence electrons. The van der Waals surface area contributed by atoms with Crippen LogP contribution in [0.5, 0.6) is 0 Å². The van der Waals surface area contributed by atoms with Crippen LogP contribution in [0.2, 0.25) is 0 Å². The molecular weight excluding hydrogens is 116 g/mol. The molecule has 1 heterocycles. The zero-order chi connectivity index (χ0) is 6.53. The predicted octanol–water partition coefficient (Wildman–Crippen LogP) is -1.64. The van der Waals surface area contributed by atoms with Gasteiger partial charge in [0.1, 0.15) is 0 Å². The Kier molecular flexibility index (Phi) is 2.93. The molecule has 0 unspecified atom stereocenters. The third kappa shape index (κ3) is 2.28. The van der Waals surface area contributed by atoms with Crippen LogP contribution in [0.25, 0.3) is 0 Å². The molecule has 0 amide bonds. The smallest absolute Gasteiger partial charge is 0.0603 e. The van der Waals surface area contributed by atoms with Crippen LogP contribution in [-0.2, 0) is 0 Å². The van der Waals surface area contributed by atoms with Crippen LogP contribution in [0.15, 0.2) is 0 Å². The third-order valence-corrected chi connectivity index (χ3v) is 1.40. The maximum Gasteiger partial charge on any atom is 0.0603 e. The van der Waals surface area contributed by atoms with E-state index in [-0.39, 0.29) is 0 Å². The van der Waals surface area contributed by atoms with Gasteiger partial charge in [0, 0.05) is 13.3 Å². The van der Waals surface area contributed by atoms with Crippen molar-refractivity contribution in [3.8, 4) is 0 Å². The first kappa shape index (κ1) is 6.95. The molecule has 9 heavy (non-hydrogen) atoms. The maximum absolute atomic E-state index is 5.36. The van der Waals surface area contributed by atoms with Gasteiger partial charge in [-0.3, -0.25) is 16.0 Å². The third-order valence-electron chi connectivity index (χ3n) is 1.40. The van der Waals surface area contributed by atoms with E-state index in [1.54, 1.807) is 0 Å². The van der Waals surface area contributed by atoms with Crippen molar-refractivity contribution >= 4 is 0 Å². The van der Waals surface area contributed by atoms with Gasteiger partial charge in [0.05, 0.1) is 6.17 Å². The highest BCUT2D eigenvalue weighted by Gasteiger charge is 2.07. The zero-order valence-electron chi connectivity index (χ0n) is 5.48.